The Labute approximate surface area is 154 Å². The third-order valence-corrected chi connectivity index (χ3v) is 5.64. The molecule has 1 aliphatic heterocycles. The second-order valence-corrected chi connectivity index (χ2v) is 7.32. The van der Waals surface area contributed by atoms with Crippen molar-refractivity contribution in [3.63, 3.8) is 0 Å². The number of nitrogens with zero attached hydrogens (tertiary/aromatic N) is 2. The van der Waals surface area contributed by atoms with E-state index < -0.39 is 0 Å². The maximum atomic E-state index is 13.1. The zero-order chi connectivity index (χ0) is 18.1. The van der Waals surface area contributed by atoms with E-state index in [1.165, 1.54) is 15.9 Å². The van der Waals surface area contributed by atoms with Crippen LogP contribution in [0.1, 0.15) is 18.4 Å². The second kappa shape index (κ2) is 7.09. The first-order chi connectivity index (χ1) is 12.7. The van der Waals surface area contributed by atoms with E-state index in [1.54, 1.807) is 11.7 Å². The molecule has 26 heavy (non-hydrogen) atoms. The van der Waals surface area contributed by atoms with Gasteiger partial charge in [-0.2, -0.15) is 0 Å². The molecule has 1 unspecified atom stereocenters. The highest BCUT2D eigenvalue weighted by Crippen LogP contribution is 2.19. The van der Waals surface area contributed by atoms with Gasteiger partial charge in [0, 0.05) is 6.61 Å². The summed E-state index contributed by atoms with van der Waals surface area (Å²) in [6, 6.07) is 9.24. The Balaban J connectivity index is 1.77. The zero-order valence-corrected chi connectivity index (χ0v) is 15.3. The number of rotatable bonds is 5. The molecule has 7 heteroatoms. The Morgan fingerprint density at radius 2 is 2.00 bits per heavy atom. The lowest BCUT2D eigenvalue weighted by Gasteiger charge is -2.15. The van der Waals surface area contributed by atoms with Crippen LogP contribution in [0, 0.1) is 0 Å². The smallest absolute Gasteiger partial charge is 0.331 e. The zero-order valence-electron chi connectivity index (χ0n) is 14.5. The molecule has 1 aromatic carbocycles. The van der Waals surface area contributed by atoms with Crippen LogP contribution >= 0.6 is 11.3 Å². The molecule has 0 radical (unpaired) electrons. The molecular formula is C19H20N2O4S. The lowest BCUT2D eigenvalue weighted by Crippen LogP contribution is -2.41. The van der Waals surface area contributed by atoms with Crippen molar-refractivity contribution in [2.75, 3.05) is 13.7 Å². The van der Waals surface area contributed by atoms with Crippen molar-refractivity contribution >= 4 is 21.6 Å². The van der Waals surface area contributed by atoms with Crippen molar-refractivity contribution in [3.05, 3.63) is 62.1 Å². The summed E-state index contributed by atoms with van der Waals surface area (Å²) in [6.45, 7) is 1.45. The van der Waals surface area contributed by atoms with Gasteiger partial charge in [-0.1, -0.05) is 12.1 Å². The molecule has 1 atom stereocenters. The minimum atomic E-state index is -0.285. The molecule has 0 amide bonds. The lowest BCUT2D eigenvalue weighted by atomic mass is 10.2. The highest BCUT2D eigenvalue weighted by Gasteiger charge is 2.21. The number of benzene rings is 1. The van der Waals surface area contributed by atoms with Crippen LogP contribution in [0.4, 0.5) is 0 Å². The molecule has 1 saturated heterocycles. The Morgan fingerprint density at radius 1 is 1.19 bits per heavy atom. The molecule has 3 heterocycles. The van der Waals surface area contributed by atoms with Gasteiger partial charge in [-0.25, -0.2) is 4.79 Å². The first-order valence-corrected chi connectivity index (χ1v) is 9.50. The van der Waals surface area contributed by atoms with Crippen LogP contribution in [0.25, 0.3) is 10.2 Å². The standard InChI is InChI=1S/C19H20N2O4S/c1-24-14-6-4-13(5-7-14)11-21-18(22)17-16(8-10-26-17)20(19(21)23)12-15-3-2-9-25-15/h4-8,10,15H,2-3,9,11-12H2,1H3. The molecule has 136 valence electrons. The summed E-state index contributed by atoms with van der Waals surface area (Å²) >= 11 is 1.37. The summed E-state index contributed by atoms with van der Waals surface area (Å²) in [4.78, 5) is 25.9. The van der Waals surface area contributed by atoms with E-state index >= 15 is 0 Å². The molecule has 0 saturated carbocycles. The number of methoxy groups -OCH3 is 1. The van der Waals surface area contributed by atoms with Gasteiger partial charge in [0.25, 0.3) is 5.56 Å². The fraction of sp³-hybridized carbons (Fsp3) is 0.368. The predicted molar refractivity (Wildman–Crippen MR) is 101 cm³/mol. The largest absolute Gasteiger partial charge is 0.497 e. The first kappa shape index (κ1) is 17.1. The third kappa shape index (κ3) is 3.08. The number of thiophene rings is 1. The molecule has 1 fully saturated rings. The minimum absolute atomic E-state index is 0.0303. The van der Waals surface area contributed by atoms with Crippen LogP contribution in [0.5, 0.6) is 5.75 Å². The molecule has 1 aliphatic rings. The van der Waals surface area contributed by atoms with Crippen molar-refractivity contribution in [2.24, 2.45) is 0 Å². The van der Waals surface area contributed by atoms with Gasteiger partial charge < -0.3 is 9.47 Å². The molecular weight excluding hydrogens is 352 g/mol. The first-order valence-electron chi connectivity index (χ1n) is 8.63. The molecule has 0 spiro atoms. The van der Waals surface area contributed by atoms with E-state index in [0.29, 0.717) is 16.8 Å². The van der Waals surface area contributed by atoms with Crippen molar-refractivity contribution in [3.8, 4) is 5.75 Å². The minimum Gasteiger partial charge on any atom is -0.497 e. The number of fused-ring (bicyclic) bond motifs is 1. The Bertz CT molecular complexity index is 1030. The molecule has 0 N–H and O–H groups in total. The van der Waals surface area contributed by atoms with E-state index in [4.69, 9.17) is 9.47 Å². The molecule has 0 aliphatic carbocycles. The van der Waals surface area contributed by atoms with Crippen LogP contribution < -0.4 is 16.0 Å². The number of ether oxygens (including phenoxy) is 2. The van der Waals surface area contributed by atoms with Gasteiger partial charge >= 0.3 is 5.69 Å². The summed E-state index contributed by atoms with van der Waals surface area (Å²) in [5.74, 6) is 0.741. The van der Waals surface area contributed by atoms with Crippen molar-refractivity contribution in [2.45, 2.75) is 32.0 Å². The number of hydrogen-bond donors (Lipinski definition) is 0. The monoisotopic (exact) mass is 372 g/mol. The van der Waals surface area contributed by atoms with Crippen LogP contribution in [-0.2, 0) is 17.8 Å². The summed E-state index contributed by atoms with van der Waals surface area (Å²) in [6.07, 6.45) is 1.98. The van der Waals surface area contributed by atoms with E-state index in [9.17, 15) is 9.59 Å². The van der Waals surface area contributed by atoms with Gasteiger partial charge in [0.15, 0.2) is 0 Å². The molecule has 4 rings (SSSR count). The highest BCUT2D eigenvalue weighted by atomic mass is 32.1. The summed E-state index contributed by atoms with van der Waals surface area (Å²) < 4.78 is 14.5. The van der Waals surface area contributed by atoms with E-state index in [0.717, 1.165) is 30.8 Å². The molecule has 3 aromatic rings. The van der Waals surface area contributed by atoms with Crippen LogP contribution in [-0.4, -0.2) is 29.0 Å². The van der Waals surface area contributed by atoms with Gasteiger partial charge in [-0.3, -0.25) is 13.9 Å². The van der Waals surface area contributed by atoms with E-state index in [2.05, 4.69) is 0 Å². The molecule has 0 bridgehead atoms. The fourth-order valence-electron chi connectivity index (χ4n) is 3.35. The van der Waals surface area contributed by atoms with Crippen molar-refractivity contribution in [1.29, 1.82) is 0 Å². The highest BCUT2D eigenvalue weighted by molar-refractivity contribution is 7.17. The van der Waals surface area contributed by atoms with E-state index in [-0.39, 0.29) is 23.9 Å². The Kier molecular flexibility index (Phi) is 4.65. The van der Waals surface area contributed by atoms with Crippen molar-refractivity contribution < 1.29 is 9.47 Å². The average Bonchev–Trinajstić information content (AvgIpc) is 3.34. The summed E-state index contributed by atoms with van der Waals surface area (Å²) in [7, 11) is 1.61. The average molecular weight is 372 g/mol. The summed E-state index contributed by atoms with van der Waals surface area (Å²) in [5, 5.41) is 1.86. The molecule has 6 nitrogen and oxygen atoms in total. The van der Waals surface area contributed by atoms with Gasteiger partial charge in [0.05, 0.1) is 31.8 Å². The topological polar surface area (TPSA) is 62.5 Å². The van der Waals surface area contributed by atoms with Gasteiger partial charge in [-0.15, -0.1) is 11.3 Å². The fourth-order valence-corrected chi connectivity index (χ4v) is 4.20. The second-order valence-electron chi connectivity index (χ2n) is 6.40. The number of aromatic nitrogens is 2. The van der Waals surface area contributed by atoms with E-state index in [1.807, 2.05) is 35.7 Å². The lowest BCUT2D eigenvalue weighted by molar-refractivity contribution is 0.0965. The third-order valence-electron chi connectivity index (χ3n) is 4.75. The SMILES string of the molecule is COc1ccc(Cn2c(=O)c3sccc3n(CC3CCCO3)c2=O)cc1. The van der Waals surface area contributed by atoms with Crippen molar-refractivity contribution in [1.82, 2.24) is 9.13 Å². The summed E-state index contributed by atoms with van der Waals surface area (Å²) in [5.41, 5.74) is 1.06. The van der Waals surface area contributed by atoms with Crippen LogP contribution in [0.2, 0.25) is 0 Å². The number of hydrogen-bond acceptors (Lipinski definition) is 5. The maximum Gasteiger partial charge on any atom is 0.331 e. The van der Waals surface area contributed by atoms with Gasteiger partial charge in [0.2, 0.25) is 0 Å². The van der Waals surface area contributed by atoms with Gasteiger partial charge in [-0.05, 0) is 42.0 Å². The van der Waals surface area contributed by atoms with Crippen LogP contribution in [0.15, 0.2) is 45.3 Å². The maximum absolute atomic E-state index is 13.1. The van der Waals surface area contributed by atoms with Gasteiger partial charge in [0.1, 0.15) is 10.4 Å². The molecule has 2 aromatic heterocycles. The normalized spacial score (nSPS) is 17.0. The Morgan fingerprint density at radius 3 is 2.69 bits per heavy atom. The van der Waals surface area contributed by atoms with Crippen LogP contribution in [0.3, 0.4) is 0 Å². The quantitative estimate of drug-likeness (QED) is 0.690. The predicted octanol–water partition coefficient (Wildman–Crippen LogP) is 2.46. The Hall–Kier alpha value is -2.38.